The fourth-order valence-electron chi connectivity index (χ4n) is 2.41. The molecule has 0 atom stereocenters. The molecule has 1 fully saturated rings. The Bertz CT molecular complexity index is 400. The lowest BCUT2D eigenvalue weighted by Crippen LogP contribution is -2.37. The number of hydrogen-bond acceptors (Lipinski definition) is 5. The number of aromatic nitrogens is 2. The smallest absolute Gasteiger partial charge is 0.160 e. The average molecular weight is 279 g/mol. The molecule has 0 amide bonds. The van der Waals surface area contributed by atoms with E-state index in [1.54, 1.807) is 7.11 Å². The van der Waals surface area contributed by atoms with Crippen LogP contribution in [0.2, 0.25) is 0 Å². The first-order valence-corrected chi connectivity index (χ1v) is 7.31. The summed E-state index contributed by atoms with van der Waals surface area (Å²) in [5.41, 5.74) is 0.731. The van der Waals surface area contributed by atoms with E-state index in [-0.39, 0.29) is 5.60 Å². The fraction of sp³-hybridized carbons (Fsp3) is 0.733. The third kappa shape index (κ3) is 3.75. The minimum atomic E-state index is -0.373. The largest absolute Gasteiger partial charge is 0.381 e. The van der Waals surface area contributed by atoms with Crippen LogP contribution >= 0.6 is 0 Å². The van der Waals surface area contributed by atoms with Crippen molar-refractivity contribution in [3.05, 3.63) is 23.8 Å². The molecule has 1 aliphatic rings. The SMILES string of the molecule is COC1(c2ncc(CNCC(C)C)cn2)CCOCC1. The summed E-state index contributed by atoms with van der Waals surface area (Å²) in [6.07, 6.45) is 5.42. The van der Waals surface area contributed by atoms with Crippen molar-refractivity contribution in [3.8, 4) is 0 Å². The van der Waals surface area contributed by atoms with E-state index in [1.165, 1.54) is 0 Å². The summed E-state index contributed by atoms with van der Waals surface area (Å²) in [5.74, 6) is 1.42. The molecule has 0 bridgehead atoms. The molecular formula is C15H25N3O2. The maximum atomic E-state index is 5.70. The number of rotatable bonds is 6. The van der Waals surface area contributed by atoms with Gasteiger partial charge in [-0.15, -0.1) is 0 Å². The minimum absolute atomic E-state index is 0.373. The molecule has 5 heteroatoms. The lowest BCUT2D eigenvalue weighted by atomic mass is 9.93. The molecule has 0 spiro atoms. The van der Waals surface area contributed by atoms with Gasteiger partial charge in [-0.1, -0.05) is 13.8 Å². The van der Waals surface area contributed by atoms with Gasteiger partial charge in [0.2, 0.25) is 0 Å². The van der Waals surface area contributed by atoms with Crippen LogP contribution in [0, 0.1) is 5.92 Å². The van der Waals surface area contributed by atoms with Crippen LogP contribution in [0.5, 0.6) is 0 Å². The summed E-state index contributed by atoms with van der Waals surface area (Å²) < 4.78 is 11.1. The predicted molar refractivity (Wildman–Crippen MR) is 77.3 cm³/mol. The van der Waals surface area contributed by atoms with Crippen molar-refractivity contribution >= 4 is 0 Å². The molecule has 0 aromatic carbocycles. The second kappa shape index (κ2) is 7.11. The summed E-state index contributed by atoms with van der Waals surface area (Å²) in [5, 5.41) is 3.39. The van der Waals surface area contributed by atoms with E-state index >= 15 is 0 Å². The van der Waals surface area contributed by atoms with Gasteiger partial charge in [-0.25, -0.2) is 9.97 Å². The van der Waals surface area contributed by atoms with E-state index in [1.807, 2.05) is 12.4 Å². The maximum Gasteiger partial charge on any atom is 0.160 e. The average Bonchev–Trinajstić information content (AvgIpc) is 2.48. The molecular weight excluding hydrogens is 254 g/mol. The van der Waals surface area contributed by atoms with Crippen molar-refractivity contribution in [2.75, 3.05) is 26.9 Å². The molecule has 1 saturated heterocycles. The maximum absolute atomic E-state index is 5.70. The molecule has 5 nitrogen and oxygen atoms in total. The van der Waals surface area contributed by atoms with Crippen molar-refractivity contribution in [1.82, 2.24) is 15.3 Å². The van der Waals surface area contributed by atoms with Gasteiger partial charge >= 0.3 is 0 Å². The molecule has 1 aromatic heterocycles. The van der Waals surface area contributed by atoms with Gasteiger partial charge in [0, 0.05) is 57.7 Å². The Kier molecular flexibility index (Phi) is 5.46. The van der Waals surface area contributed by atoms with Gasteiger partial charge in [-0.2, -0.15) is 0 Å². The van der Waals surface area contributed by atoms with E-state index in [2.05, 4.69) is 29.1 Å². The first-order valence-electron chi connectivity index (χ1n) is 7.31. The van der Waals surface area contributed by atoms with Crippen molar-refractivity contribution in [2.24, 2.45) is 5.92 Å². The zero-order valence-electron chi connectivity index (χ0n) is 12.7. The first kappa shape index (κ1) is 15.4. The monoisotopic (exact) mass is 279 g/mol. The van der Waals surface area contributed by atoms with Crippen molar-refractivity contribution in [1.29, 1.82) is 0 Å². The van der Waals surface area contributed by atoms with Crippen LogP contribution in [0.25, 0.3) is 0 Å². The number of ether oxygens (including phenoxy) is 2. The van der Waals surface area contributed by atoms with Crippen LogP contribution in [-0.2, 0) is 21.6 Å². The van der Waals surface area contributed by atoms with Crippen LogP contribution in [-0.4, -0.2) is 36.8 Å². The normalized spacial score (nSPS) is 18.4. The third-order valence-electron chi connectivity index (χ3n) is 3.69. The lowest BCUT2D eigenvalue weighted by molar-refractivity contribution is -0.1000. The highest BCUT2D eigenvalue weighted by atomic mass is 16.5. The molecule has 20 heavy (non-hydrogen) atoms. The second-order valence-electron chi connectivity index (χ2n) is 5.75. The molecule has 0 saturated carbocycles. The summed E-state index contributed by atoms with van der Waals surface area (Å²) in [7, 11) is 1.73. The van der Waals surface area contributed by atoms with Crippen LogP contribution in [0.15, 0.2) is 12.4 Å². The summed E-state index contributed by atoms with van der Waals surface area (Å²) in [6, 6.07) is 0. The Balaban J connectivity index is 1.99. The van der Waals surface area contributed by atoms with E-state index in [0.29, 0.717) is 19.1 Å². The highest BCUT2D eigenvalue weighted by Gasteiger charge is 2.37. The lowest BCUT2D eigenvalue weighted by Gasteiger charge is -2.34. The van der Waals surface area contributed by atoms with Crippen molar-refractivity contribution in [2.45, 2.75) is 38.8 Å². The van der Waals surface area contributed by atoms with Gasteiger partial charge in [-0.3, -0.25) is 0 Å². The molecule has 1 aliphatic heterocycles. The zero-order chi connectivity index (χ0) is 14.4. The van der Waals surface area contributed by atoms with E-state index in [4.69, 9.17) is 9.47 Å². The summed E-state index contributed by atoms with van der Waals surface area (Å²) in [6.45, 7) is 7.60. The van der Waals surface area contributed by atoms with E-state index in [9.17, 15) is 0 Å². The first-order chi connectivity index (χ1) is 9.66. The van der Waals surface area contributed by atoms with Gasteiger partial charge < -0.3 is 14.8 Å². The molecule has 1 N–H and O–H groups in total. The van der Waals surface area contributed by atoms with Crippen LogP contribution in [0.4, 0.5) is 0 Å². The summed E-state index contributed by atoms with van der Waals surface area (Å²) in [4.78, 5) is 9.02. The van der Waals surface area contributed by atoms with Crippen LogP contribution in [0.1, 0.15) is 38.1 Å². The minimum Gasteiger partial charge on any atom is -0.381 e. The third-order valence-corrected chi connectivity index (χ3v) is 3.69. The number of nitrogens with one attached hydrogen (secondary N) is 1. The molecule has 0 radical (unpaired) electrons. The van der Waals surface area contributed by atoms with E-state index in [0.717, 1.165) is 37.3 Å². The molecule has 0 aliphatic carbocycles. The fourth-order valence-corrected chi connectivity index (χ4v) is 2.41. The highest BCUT2D eigenvalue weighted by molar-refractivity contribution is 5.10. The molecule has 2 rings (SSSR count). The zero-order valence-corrected chi connectivity index (χ0v) is 12.7. The Morgan fingerprint density at radius 3 is 2.50 bits per heavy atom. The molecule has 2 heterocycles. The predicted octanol–water partition coefficient (Wildman–Crippen LogP) is 1.87. The standard InChI is InChI=1S/C15H25N3O2/c1-12(2)8-16-9-13-10-17-14(18-11-13)15(19-3)4-6-20-7-5-15/h10-12,16H,4-9H2,1-3H3. The topological polar surface area (TPSA) is 56.3 Å². The van der Waals surface area contributed by atoms with Crippen molar-refractivity contribution in [3.63, 3.8) is 0 Å². The van der Waals surface area contributed by atoms with Crippen LogP contribution in [0.3, 0.4) is 0 Å². The van der Waals surface area contributed by atoms with Gasteiger partial charge in [0.15, 0.2) is 5.82 Å². The highest BCUT2D eigenvalue weighted by Crippen LogP contribution is 2.32. The second-order valence-corrected chi connectivity index (χ2v) is 5.75. The summed E-state index contributed by atoms with van der Waals surface area (Å²) >= 11 is 0. The molecule has 1 aromatic rings. The van der Waals surface area contributed by atoms with Crippen molar-refractivity contribution < 1.29 is 9.47 Å². The Hall–Kier alpha value is -1.04. The van der Waals surface area contributed by atoms with Gasteiger partial charge in [0.25, 0.3) is 0 Å². The van der Waals surface area contributed by atoms with Crippen LogP contribution < -0.4 is 5.32 Å². The Labute approximate surface area is 121 Å². The number of nitrogens with zero attached hydrogens (tertiary/aromatic N) is 2. The number of hydrogen-bond donors (Lipinski definition) is 1. The number of methoxy groups -OCH3 is 1. The van der Waals surface area contributed by atoms with Gasteiger partial charge in [-0.05, 0) is 12.5 Å². The van der Waals surface area contributed by atoms with Gasteiger partial charge in [0.1, 0.15) is 5.60 Å². The Morgan fingerprint density at radius 2 is 1.95 bits per heavy atom. The Morgan fingerprint density at radius 1 is 1.30 bits per heavy atom. The molecule has 0 unspecified atom stereocenters. The van der Waals surface area contributed by atoms with E-state index < -0.39 is 0 Å². The molecule has 112 valence electrons. The van der Waals surface area contributed by atoms with Gasteiger partial charge in [0.05, 0.1) is 0 Å². The quantitative estimate of drug-likeness (QED) is 0.861.